The highest BCUT2D eigenvalue weighted by molar-refractivity contribution is 6.32. The molecular formula is C24H27N3O8. The molecule has 0 heterocycles. The summed E-state index contributed by atoms with van der Waals surface area (Å²) in [6.45, 7) is 1.67. The lowest BCUT2D eigenvalue weighted by Crippen LogP contribution is -2.74. The molecule has 186 valence electrons. The molecule has 11 heteroatoms. The lowest BCUT2D eigenvalue weighted by atomic mass is 9.52. The quantitative estimate of drug-likeness (QED) is 0.281. The van der Waals surface area contributed by atoms with E-state index in [1.54, 1.807) is 13.0 Å². The van der Waals surface area contributed by atoms with Crippen LogP contribution < -0.4 is 5.73 Å². The summed E-state index contributed by atoms with van der Waals surface area (Å²) in [6.07, 6.45) is 0.144. The SMILES string of the molecule is CON=C(C)c1ccc(O)c2c1C[C@@H]1C[C@@H]3C(N(C)C)C(=O)C(C(N)=O)C(=O)[C@]3(O)C(=O)C1C2=O. The largest absolute Gasteiger partial charge is 0.507 e. The summed E-state index contributed by atoms with van der Waals surface area (Å²) < 4.78 is 0. The summed E-state index contributed by atoms with van der Waals surface area (Å²) in [4.78, 5) is 71.9. The first-order chi connectivity index (χ1) is 16.4. The van der Waals surface area contributed by atoms with Crippen molar-refractivity contribution in [2.45, 2.75) is 31.4 Å². The smallest absolute Gasteiger partial charge is 0.235 e. The maximum absolute atomic E-state index is 13.7. The topological polar surface area (TPSA) is 177 Å². The van der Waals surface area contributed by atoms with Gasteiger partial charge in [0, 0.05) is 11.5 Å². The normalized spacial score (nSPS) is 32.7. The minimum atomic E-state index is -2.74. The molecule has 3 aliphatic rings. The van der Waals surface area contributed by atoms with Crippen LogP contribution in [0.25, 0.3) is 0 Å². The van der Waals surface area contributed by atoms with E-state index in [4.69, 9.17) is 10.6 Å². The van der Waals surface area contributed by atoms with Crippen molar-refractivity contribution in [3.05, 3.63) is 28.8 Å². The molecule has 4 rings (SSSR count). The van der Waals surface area contributed by atoms with Crippen molar-refractivity contribution in [3.63, 3.8) is 0 Å². The van der Waals surface area contributed by atoms with Gasteiger partial charge in [0.15, 0.2) is 34.7 Å². The number of hydrogen-bond acceptors (Lipinski definition) is 10. The Morgan fingerprint density at radius 3 is 2.43 bits per heavy atom. The number of aromatic hydroxyl groups is 1. The highest BCUT2D eigenvalue weighted by Crippen LogP contribution is 2.51. The second-order valence-corrected chi connectivity index (χ2v) is 9.63. The molecule has 3 aliphatic carbocycles. The van der Waals surface area contributed by atoms with Crippen LogP contribution in [0.15, 0.2) is 17.3 Å². The number of nitrogens with zero attached hydrogens (tertiary/aromatic N) is 2. The van der Waals surface area contributed by atoms with E-state index in [9.17, 15) is 34.2 Å². The summed E-state index contributed by atoms with van der Waals surface area (Å²) in [5, 5.41) is 26.0. The number of hydrogen-bond donors (Lipinski definition) is 3. The average Bonchev–Trinajstić information content (AvgIpc) is 2.76. The van der Waals surface area contributed by atoms with Gasteiger partial charge in [-0.1, -0.05) is 5.16 Å². The van der Waals surface area contributed by atoms with Gasteiger partial charge in [-0.25, -0.2) is 0 Å². The van der Waals surface area contributed by atoms with Gasteiger partial charge in [0.2, 0.25) is 5.91 Å². The zero-order valence-corrected chi connectivity index (χ0v) is 19.8. The number of phenols is 1. The molecule has 1 aromatic carbocycles. The third kappa shape index (κ3) is 3.33. The number of benzene rings is 1. The first-order valence-corrected chi connectivity index (χ1v) is 11.1. The van der Waals surface area contributed by atoms with Gasteiger partial charge in [0.25, 0.3) is 0 Å². The molecule has 0 aromatic heterocycles. The van der Waals surface area contributed by atoms with E-state index in [1.165, 1.54) is 32.2 Å². The Kier molecular flexibility index (Phi) is 5.89. The van der Waals surface area contributed by atoms with Crippen LogP contribution in [0.1, 0.15) is 34.8 Å². The highest BCUT2D eigenvalue weighted by Gasteiger charge is 2.69. The summed E-state index contributed by atoms with van der Waals surface area (Å²) in [5.74, 6) is -10.7. The lowest BCUT2D eigenvalue weighted by molar-refractivity contribution is -0.181. The molecule has 2 saturated carbocycles. The molecule has 1 aromatic rings. The first-order valence-electron chi connectivity index (χ1n) is 11.1. The fraction of sp³-hybridized carbons (Fsp3) is 0.500. The van der Waals surface area contributed by atoms with Gasteiger partial charge in [-0.15, -0.1) is 0 Å². The average molecular weight is 485 g/mol. The van der Waals surface area contributed by atoms with E-state index >= 15 is 0 Å². The van der Waals surface area contributed by atoms with Crippen LogP contribution >= 0.6 is 0 Å². The number of oxime groups is 1. The van der Waals surface area contributed by atoms with Crippen LogP contribution in [0.5, 0.6) is 5.75 Å². The monoisotopic (exact) mass is 485 g/mol. The van der Waals surface area contributed by atoms with Gasteiger partial charge in [-0.3, -0.25) is 28.9 Å². The number of nitrogens with two attached hydrogens (primary N) is 1. The molecule has 1 amide bonds. The standard InChI is InChI=1S/C24H27N3O8/c1-9(26-35-4)11-5-6-14(28)16-12(11)7-10-8-13-18(27(2)3)20(30)17(23(25)33)22(32)24(13,34)21(31)15(10)19(16)29/h5-6,10,13,15,17-18,28,34H,7-8H2,1-4H3,(H2,25,33)/t10-,13-,15?,17?,18?,24-/m1/s1. The Bertz CT molecular complexity index is 1210. The fourth-order valence-corrected chi connectivity index (χ4v) is 6.13. The van der Waals surface area contributed by atoms with Crippen molar-refractivity contribution in [2.24, 2.45) is 34.6 Å². The number of carbonyl (C=O) groups excluding carboxylic acids is 5. The number of likely N-dealkylation sites (N-methyl/N-ethyl adjacent to an activating group) is 1. The second kappa shape index (κ2) is 8.35. The number of fused-ring (bicyclic) bond motifs is 3. The molecular weight excluding hydrogens is 458 g/mol. The third-order valence-corrected chi connectivity index (χ3v) is 7.56. The Hall–Kier alpha value is -3.44. The Morgan fingerprint density at radius 2 is 1.86 bits per heavy atom. The van der Waals surface area contributed by atoms with E-state index in [0.717, 1.165) is 0 Å². The molecule has 0 radical (unpaired) electrons. The number of Topliss-reactive ketones (excluding diaryl/α,β-unsaturated/α-hetero) is 4. The van der Waals surface area contributed by atoms with E-state index in [-0.39, 0.29) is 24.2 Å². The maximum atomic E-state index is 13.7. The van der Waals surface area contributed by atoms with Crippen molar-refractivity contribution in [1.82, 2.24) is 4.90 Å². The van der Waals surface area contributed by atoms with Gasteiger partial charge in [-0.2, -0.15) is 0 Å². The number of primary amides is 1. The highest BCUT2D eigenvalue weighted by atomic mass is 16.6. The summed E-state index contributed by atoms with van der Waals surface area (Å²) in [7, 11) is 4.45. The fourth-order valence-electron chi connectivity index (χ4n) is 6.13. The Morgan fingerprint density at radius 1 is 1.20 bits per heavy atom. The third-order valence-electron chi connectivity index (χ3n) is 7.56. The number of amides is 1. The van der Waals surface area contributed by atoms with Crippen LogP contribution in [0, 0.1) is 23.7 Å². The zero-order chi connectivity index (χ0) is 26.0. The van der Waals surface area contributed by atoms with Crippen LogP contribution in [-0.2, 0) is 30.4 Å². The van der Waals surface area contributed by atoms with Crippen LogP contribution in [-0.4, -0.2) is 82.7 Å². The summed E-state index contributed by atoms with van der Waals surface area (Å²) >= 11 is 0. The molecule has 0 aliphatic heterocycles. The summed E-state index contributed by atoms with van der Waals surface area (Å²) in [6, 6.07) is 1.76. The van der Waals surface area contributed by atoms with E-state index in [1.807, 2.05) is 0 Å². The molecule has 35 heavy (non-hydrogen) atoms. The summed E-state index contributed by atoms with van der Waals surface area (Å²) in [5.41, 5.74) is 3.95. The van der Waals surface area contributed by atoms with Gasteiger partial charge >= 0.3 is 0 Å². The van der Waals surface area contributed by atoms with Crippen molar-refractivity contribution in [1.29, 1.82) is 0 Å². The molecule has 11 nitrogen and oxygen atoms in total. The predicted octanol–water partition coefficient (Wildman–Crippen LogP) is -0.763. The molecule has 4 N–H and O–H groups in total. The molecule has 3 unspecified atom stereocenters. The molecule has 6 atom stereocenters. The first kappa shape index (κ1) is 24.7. The van der Waals surface area contributed by atoms with Crippen molar-refractivity contribution >= 4 is 34.8 Å². The van der Waals surface area contributed by atoms with Crippen LogP contribution in [0.2, 0.25) is 0 Å². The van der Waals surface area contributed by atoms with Crippen molar-refractivity contribution < 1.29 is 39.0 Å². The van der Waals surface area contributed by atoms with Gasteiger partial charge < -0.3 is 20.8 Å². The number of phenolic OH excluding ortho intramolecular Hbond substituents is 1. The van der Waals surface area contributed by atoms with E-state index in [2.05, 4.69) is 5.16 Å². The zero-order valence-electron chi connectivity index (χ0n) is 19.8. The van der Waals surface area contributed by atoms with Gasteiger partial charge in [0.1, 0.15) is 12.9 Å². The second-order valence-electron chi connectivity index (χ2n) is 9.63. The number of rotatable bonds is 4. The molecule has 0 spiro atoms. The minimum absolute atomic E-state index is 0.0144. The van der Waals surface area contributed by atoms with Gasteiger partial charge in [-0.05, 0) is 57.5 Å². The van der Waals surface area contributed by atoms with E-state index in [0.29, 0.717) is 16.8 Å². The molecule has 0 bridgehead atoms. The van der Waals surface area contributed by atoms with Crippen LogP contribution in [0.4, 0.5) is 0 Å². The Balaban J connectivity index is 1.89. The molecule has 0 saturated heterocycles. The van der Waals surface area contributed by atoms with Crippen molar-refractivity contribution in [2.75, 3.05) is 21.2 Å². The minimum Gasteiger partial charge on any atom is -0.507 e. The Labute approximate surface area is 200 Å². The van der Waals surface area contributed by atoms with Gasteiger partial charge in [0.05, 0.1) is 23.2 Å². The lowest BCUT2D eigenvalue weighted by Gasteiger charge is -2.52. The number of aliphatic hydroxyl groups is 1. The van der Waals surface area contributed by atoms with Crippen LogP contribution in [0.3, 0.4) is 0 Å². The molecule has 2 fully saturated rings. The number of carbonyl (C=O) groups is 5. The maximum Gasteiger partial charge on any atom is 0.235 e. The van der Waals surface area contributed by atoms with Crippen molar-refractivity contribution in [3.8, 4) is 5.75 Å². The predicted molar refractivity (Wildman–Crippen MR) is 121 cm³/mol. The van der Waals surface area contributed by atoms with E-state index < -0.39 is 64.4 Å². The number of ketones is 4.